The molecule has 2 aromatic carbocycles. The number of nitrogens with zero attached hydrogens (tertiary/aromatic N) is 1. The molecule has 0 amide bonds. The van der Waals surface area contributed by atoms with Crippen LogP contribution < -0.4 is 14.9 Å². The average Bonchev–Trinajstić information content (AvgIpc) is 2.61. The molecule has 148 valence electrons. The lowest BCUT2D eigenvalue weighted by molar-refractivity contribution is 0.0495. The molecule has 0 saturated heterocycles. The van der Waals surface area contributed by atoms with E-state index >= 15 is 0 Å². The Balaban J connectivity index is 2.55. The van der Waals surface area contributed by atoms with Gasteiger partial charge in [-0.2, -0.15) is 0 Å². The highest BCUT2D eigenvalue weighted by Crippen LogP contribution is 2.49. The molecular weight excluding hydrogens is 353 g/mol. The van der Waals surface area contributed by atoms with Crippen LogP contribution in [-0.2, 0) is 9.89 Å². The van der Waals surface area contributed by atoms with Gasteiger partial charge >= 0.3 is 0 Å². The Bertz CT molecular complexity index is 788. The molecule has 4 heteroatoms. The highest BCUT2D eigenvalue weighted by Gasteiger charge is 2.31. The summed E-state index contributed by atoms with van der Waals surface area (Å²) in [7, 11) is 6.55. The van der Waals surface area contributed by atoms with E-state index in [1.54, 1.807) is 7.11 Å². The topological polar surface area (TPSA) is 21.7 Å². The molecule has 27 heavy (non-hydrogen) atoms. The van der Waals surface area contributed by atoms with Crippen LogP contribution in [0.15, 0.2) is 30.3 Å². The maximum atomic E-state index is 6.03. The molecule has 0 aliphatic heterocycles. The van der Waals surface area contributed by atoms with Gasteiger partial charge < -0.3 is 14.4 Å². The van der Waals surface area contributed by atoms with Crippen LogP contribution in [0.3, 0.4) is 0 Å². The van der Waals surface area contributed by atoms with Gasteiger partial charge in [0.25, 0.3) is 0 Å². The van der Waals surface area contributed by atoms with Crippen LogP contribution in [0.25, 0.3) is 0 Å². The van der Waals surface area contributed by atoms with Crippen molar-refractivity contribution < 1.29 is 9.47 Å². The van der Waals surface area contributed by atoms with Crippen LogP contribution in [0.2, 0.25) is 0 Å². The SMILES string of the molecule is CCC(C)(Pc1ccc(C)cc1N(C)C)c1cc(C)cc(C)c1OCOC. The highest BCUT2D eigenvalue weighted by atomic mass is 31.1. The van der Waals surface area contributed by atoms with E-state index in [0.717, 1.165) is 12.2 Å². The Labute approximate surface area is 166 Å². The van der Waals surface area contributed by atoms with E-state index in [4.69, 9.17) is 9.47 Å². The molecule has 0 spiro atoms. The minimum absolute atomic E-state index is 0.000126. The molecule has 0 saturated carbocycles. The molecule has 2 unspecified atom stereocenters. The van der Waals surface area contributed by atoms with Gasteiger partial charge in [-0.25, -0.2) is 0 Å². The van der Waals surface area contributed by atoms with Gasteiger partial charge in [0.1, 0.15) is 5.75 Å². The number of anilines is 1. The zero-order chi connectivity index (χ0) is 20.2. The summed E-state index contributed by atoms with van der Waals surface area (Å²) >= 11 is 0. The van der Waals surface area contributed by atoms with Crippen LogP contribution in [0, 0.1) is 20.8 Å². The monoisotopic (exact) mass is 387 g/mol. The molecule has 0 aliphatic carbocycles. The second-order valence-corrected chi connectivity index (χ2v) is 9.63. The standard InChI is InChI=1S/C23H34NO2P/c1-9-23(5,27-21-11-10-16(2)14-20(21)24(6)7)19-13-17(3)12-18(4)22(19)26-15-25-8/h10-14,27H,9,15H2,1-8H3. The Morgan fingerprint density at radius 3 is 2.33 bits per heavy atom. The summed E-state index contributed by atoms with van der Waals surface area (Å²) < 4.78 is 11.2. The normalized spacial score (nSPS) is 13.8. The molecule has 2 rings (SSSR count). The maximum Gasteiger partial charge on any atom is 0.188 e. The molecule has 0 aromatic heterocycles. The second-order valence-electron chi connectivity index (χ2n) is 7.74. The number of ether oxygens (including phenoxy) is 2. The highest BCUT2D eigenvalue weighted by molar-refractivity contribution is 7.49. The molecule has 0 aliphatic rings. The van der Waals surface area contributed by atoms with E-state index in [1.165, 1.54) is 33.2 Å². The van der Waals surface area contributed by atoms with Crippen molar-refractivity contribution in [2.75, 3.05) is 32.9 Å². The zero-order valence-corrected chi connectivity index (χ0v) is 19.1. The predicted octanol–water partition coefficient (Wildman–Crippen LogP) is 5.29. The second kappa shape index (κ2) is 9.08. The van der Waals surface area contributed by atoms with Crippen molar-refractivity contribution in [1.82, 2.24) is 0 Å². The smallest absolute Gasteiger partial charge is 0.188 e. The van der Waals surface area contributed by atoms with E-state index in [2.05, 4.69) is 83.9 Å². The number of hydrogen-bond donors (Lipinski definition) is 0. The third kappa shape index (κ3) is 5.03. The average molecular weight is 388 g/mol. The van der Waals surface area contributed by atoms with Crippen molar-refractivity contribution in [3.05, 3.63) is 52.6 Å². The Morgan fingerprint density at radius 1 is 1.04 bits per heavy atom. The van der Waals surface area contributed by atoms with Gasteiger partial charge in [0.05, 0.1) is 0 Å². The van der Waals surface area contributed by atoms with Crippen LogP contribution in [0.5, 0.6) is 5.75 Å². The molecule has 0 N–H and O–H groups in total. The number of hydrogen-bond acceptors (Lipinski definition) is 3. The quantitative estimate of drug-likeness (QED) is 0.454. The number of benzene rings is 2. The molecule has 0 bridgehead atoms. The summed E-state index contributed by atoms with van der Waals surface area (Å²) in [6, 6.07) is 11.3. The summed E-state index contributed by atoms with van der Waals surface area (Å²) in [5.41, 5.74) is 6.32. The van der Waals surface area contributed by atoms with E-state index in [9.17, 15) is 0 Å². The van der Waals surface area contributed by atoms with E-state index in [-0.39, 0.29) is 11.9 Å². The van der Waals surface area contributed by atoms with Crippen molar-refractivity contribution in [3.63, 3.8) is 0 Å². The van der Waals surface area contributed by atoms with Crippen molar-refractivity contribution in [3.8, 4) is 5.75 Å². The third-order valence-electron chi connectivity index (χ3n) is 5.09. The first-order valence-corrected chi connectivity index (χ1v) is 10.5. The minimum Gasteiger partial charge on any atom is -0.467 e. The Hall–Kier alpha value is -1.57. The third-order valence-corrected chi connectivity index (χ3v) is 6.95. The number of rotatable bonds is 8. The summed E-state index contributed by atoms with van der Waals surface area (Å²) in [6.45, 7) is 11.3. The summed E-state index contributed by atoms with van der Waals surface area (Å²) in [5.74, 6) is 0.970. The van der Waals surface area contributed by atoms with Crippen molar-refractivity contribution in [2.45, 2.75) is 46.2 Å². The van der Waals surface area contributed by atoms with Crippen LogP contribution in [0.1, 0.15) is 42.5 Å². The van der Waals surface area contributed by atoms with Crippen molar-refractivity contribution in [1.29, 1.82) is 0 Å². The summed E-state index contributed by atoms with van der Waals surface area (Å²) in [6.07, 6.45) is 1.04. The fourth-order valence-corrected chi connectivity index (χ4v) is 5.12. The van der Waals surface area contributed by atoms with Crippen molar-refractivity contribution >= 4 is 19.6 Å². The van der Waals surface area contributed by atoms with Crippen molar-refractivity contribution in [2.24, 2.45) is 0 Å². The fourth-order valence-electron chi connectivity index (χ4n) is 3.43. The Kier molecular flexibility index (Phi) is 7.31. The van der Waals surface area contributed by atoms with Gasteiger partial charge in [0.15, 0.2) is 6.79 Å². The summed E-state index contributed by atoms with van der Waals surface area (Å²) in [4.78, 5) is 2.22. The Morgan fingerprint density at radius 2 is 1.74 bits per heavy atom. The predicted molar refractivity (Wildman–Crippen MR) is 120 cm³/mol. The van der Waals surface area contributed by atoms with Gasteiger partial charge in [-0.1, -0.05) is 52.3 Å². The molecule has 0 heterocycles. The first kappa shape index (κ1) is 21.7. The number of aryl methyl sites for hydroxylation is 3. The molecule has 2 aromatic rings. The maximum absolute atomic E-state index is 6.03. The first-order valence-electron chi connectivity index (χ1n) is 9.51. The zero-order valence-electron chi connectivity index (χ0n) is 18.1. The first-order chi connectivity index (χ1) is 12.7. The molecule has 0 fully saturated rings. The van der Waals surface area contributed by atoms with Gasteiger partial charge in [-0.05, 0) is 49.7 Å². The van der Waals surface area contributed by atoms with Gasteiger partial charge in [-0.15, -0.1) is 0 Å². The molecule has 0 radical (unpaired) electrons. The van der Waals surface area contributed by atoms with E-state index in [1.807, 2.05) is 0 Å². The molecule has 3 nitrogen and oxygen atoms in total. The lowest BCUT2D eigenvalue weighted by atomic mass is 9.92. The van der Waals surface area contributed by atoms with Gasteiger partial charge in [0.2, 0.25) is 0 Å². The van der Waals surface area contributed by atoms with Gasteiger partial charge in [-0.3, -0.25) is 0 Å². The molecular formula is C23H34NO2P. The molecule has 2 atom stereocenters. The lowest BCUT2D eigenvalue weighted by Gasteiger charge is -2.33. The summed E-state index contributed by atoms with van der Waals surface area (Å²) in [5, 5.41) is 1.40. The van der Waals surface area contributed by atoms with Crippen LogP contribution >= 0.6 is 8.58 Å². The minimum atomic E-state index is -0.000126. The van der Waals surface area contributed by atoms with E-state index < -0.39 is 0 Å². The fraction of sp³-hybridized carbons (Fsp3) is 0.478. The van der Waals surface area contributed by atoms with Gasteiger partial charge in [0, 0.05) is 37.6 Å². The van der Waals surface area contributed by atoms with E-state index in [0.29, 0.717) is 8.58 Å². The van der Waals surface area contributed by atoms with Crippen LogP contribution in [-0.4, -0.2) is 28.0 Å². The lowest BCUT2D eigenvalue weighted by Crippen LogP contribution is -2.24. The largest absolute Gasteiger partial charge is 0.467 e. The number of methoxy groups -OCH3 is 1. The van der Waals surface area contributed by atoms with Crippen LogP contribution in [0.4, 0.5) is 5.69 Å².